The Balaban J connectivity index is 3.35. The van der Waals surface area contributed by atoms with Crippen LogP contribution in [0.25, 0.3) is 0 Å². The lowest BCUT2D eigenvalue weighted by molar-refractivity contribution is -0.124. The van der Waals surface area contributed by atoms with Crippen molar-refractivity contribution in [3.05, 3.63) is 48.1 Å². The molecule has 0 aromatic carbocycles. The number of carbonyl (C=O) groups excluding carboxylic acids is 1. The van der Waals surface area contributed by atoms with Crippen molar-refractivity contribution >= 4 is 5.78 Å². The Hall–Kier alpha value is -1.37. The number of allylic oxidation sites excluding steroid dienone is 7. The molecule has 0 spiro atoms. The first-order valence-corrected chi connectivity index (χ1v) is 9.23. The predicted octanol–water partition coefficient (Wildman–Crippen LogP) is 6.58. The maximum absolute atomic E-state index is 12.1. The lowest BCUT2D eigenvalue weighted by atomic mass is 9.57. The highest BCUT2D eigenvalue weighted by Gasteiger charge is 2.44. The van der Waals surface area contributed by atoms with Gasteiger partial charge in [0.05, 0.1) is 0 Å². The largest absolute Gasteiger partial charge is 0.300 e. The van der Waals surface area contributed by atoms with E-state index in [0.29, 0.717) is 11.7 Å². The molecule has 0 N–H and O–H groups in total. The highest BCUT2D eigenvalue weighted by Crippen LogP contribution is 2.52. The third-order valence-corrected chi connectivity index (χ3v) is 5.30. The molecule has 1 heteroatoms. The van der Waals surface area contributed by atoms with Crippen LogP contribution >= 0.6 is 0 Å². The molecule has 1 rings (SSSR count). The van der Waals surface area contributed by atoms with Crippen LogP contribution in [-0.4, -0.2) is 5.78 Å². The Morgan fingerprint density at radius 3 is 2.61 bits per heavy atom. The molecule has 0 unspecified atom stereocenters. The Bertz CT molecular complexity index is 492. The first kappa shape index (κ1) is 19.7. The molecule has 0 saturated heterocycles. The van der Waals surface area contributed by atoms with E-state index in [-0.39, 0.29) is 5.41 Å². The van der Waals surface area contributed by atoms with E-state index in [4.69, 9.17) is 0 Å². The van der Waals surface area contributed by atoms with Crippen molar-refractivity contribution in [2.75, 3.05) is 0 Å². The molecular weight excluding hydrogens is 280 g/mol. The van der Waals surface area contributed by atoms with Crippen LogP contribution in [0.3, 0.4) is 0 Å². The molecule has 128 valence electrons. The van der Waals surface area contributed by atoms with Crippen molar-refractivity contribution in [1.29, 1.82) is 0 Å². The van der Waals surface area contributed by atoms with E-state index in [1.165, 1.54) is 11.1 Å². The van der Waals surface area contributed by atoms with Crippen molar-refractivity contribution in [3.8, 4) is 0 Å². The van der Waals surface area contributed by atoms with E-state index in [1.807, 2.05) is 6.08 Å². The zero-order valence-corrected chi connectivity index (χ0v) is 15.5. The number of ketones is 1. The Labute approximate surface area is 143 Å². The van der Waals surface area contributed by atoms with Gasteiger partial charge in [-0.25, -0.2) is 0 Å². The van der Waals surface area contributed by atoms with Gasteiger partial charge in [-0.2, -0.15) is 0 Å². The van der Waals surface area contributed by atoms with Gasteiger partial charge < -0.3 is 0 Å². The minimum Gasteiger partial charge on any atom is -0.300 e. The normalized spacial score (nSPS) is 26.8. The maximum Gasteiger partial charge on any atom is 0.133 e. The molecule has 0 amide bonds. The van der Waals surface area contributed by atoms with E-state index in [9.17, 15) is 4.79 Å². The fraction of sp³-hybridized carbons (Fsp3) is 0.591. The van der Waals surface area contributed by atoms with Gasteiger partial charge in [0, 0.05) is 12.8 Å². The first-order chi connectivity index (χ1) is 11.1. The van der Waals surface area contributed by atoms with Gasteiger partial charge >= 0.3 is 0 Å². The summed E-state index contributed by atoms with van der Waals surface area (Å²) in [5.41, 5.74) is 3.00. The van der Waals surface area contributed by atoms with E-state index in [0.717, 1.165) is 44.9 Å². The van der Waals surface area contributed by atoms with Crippen LogP contribution in [0, 0.1) is 11.3 Å². The summed E-state index contributed by atoms with van der Waals surface area (Å²) < 4.78 is 0. The molecule has 0 heterocycles. The van der Waals surface area contributed by atoms with Gasteiger partial charge in [-0.05, 0) is 43.9 Å². The standard InChI is InChI=1S/C22H34O/c1-6-11-18(12-7-2)17-22(19(9-4)13-8-3)15-14-21(23)16-20(22)10-5/h6,8,11-13,20H,3,7,9-10,14-17H2,1-2,4-5H3/b11-6-,18-12+,19-13+/t20-,22+/m0/s1. The molecule has 1 aliphatic carbocycles. The SMILES string of the molecule is C=C/C=C(\CC)[C@]1(CC(/C=C\C)=C/CC)CCC(=O)C[C@@H]1CC. The Morgan fingerprint density at radius 2 is 2.09 bits per heavy atom. The van der Waals surface area contributed by atoms with Gasteiger partial charge in [0.1, 0.15) is 5.78 Å². The van der Waals surface area contributed by atoms with Gasteiger partial charge in [-0.1, -0.05) is 75.3 Å². The minimum absolute atomic E-state index is 0.117. The fourth-order valence-electron chi connectivity index (χ4n) is 4.26. The van der Waals surface area contributed by atoms with E-state index < -0.39 is 0 Å². The topological polar surface area (TPSA) is 17.1 Å². The summed E-state index contributed by atoms with van der Waals surface area (Å²) in [7, 11) is 0. The summed E-state index contributed by atoms with van der Waals surface area (Å²) >= 11 is 0. The number of carbonyl (C=O) groups is 1. The second kappa shape index (κ2) is 9.70. The molecule has 0 aromatic heterocycles. The molecule has 1 saturated carbocycles. The predicted molar refractivity (Wildman–Crippen MR) is 101 cm³/mol. The second-order valence-electron chi connectivity index (χ2n) is 6.65. The fourth-order valence-corrected chi connectivity index (χ4v) is 4.26. The van der Waals surface area contributed by atoms with Crippen LogP contribution in [-0.2, 0) is 4.79 Å². The van der Waals surface area contributed by atoms with E-state index in [2.05, 4.69) is 58.6 Å². The lowest BCUT2D eigenvalue weighted by Gasteiger charge is -2.46. The zero-order chi connectivity index (χ0) is 17.3. The molecule has 1 fully saturated rings. The highest BCUT2D eigenvalue weighted by atomic mass is 16.1. The molecule has 0 aromatic rings. The van der Waals surface area contributed by atoms with E-state index in [1.54, 1.807) is 0 Å². The quantitative estimate of drug-likeness (QED) is 0.463. The molecule has 1 aliphatic rings. The second-order valence-corrected chi connectivity index (χ2v) is 6.65. The van der Waals surface area contributed by atoms with Gasteiger partial charge in [-0.15, -0.1) is 0 Å². The minimum atomic E-state index is 0.117. The van der Waals surface area contributed by atoms with E-state index >= 15 is 0 Å². The van der Waals surface area contributed by atoms with Crippen LogP contribution < -0.4 is 0 Å². The molecule has 1 nitrogen and oxygen atoms in total. The summed E-state index contributed by atoms with van der Waals surface area (Å²) in [5.74, 6) is 0.883. The molecular formula is C22H34O. The third-order valence-electron chi connectivity index (χ3n) is 5.30. The van der Waals surface area contributed by atoms with Crippen molar-refractivity contribution in [2.24, 2.45) is 11.3 Å². The summed E-state index contributed by atoms with van der Waals surface area (Å²) in [4.78, 5) is 12.1. The van der Waals surface area contributed by atoms with Gasteiger partial charge in [0.25, 0.3) is 0 Å². The van der Waals surface area contributed by atoms with Crippen LogP contribution in [0.4, 0.5) is 0 Å². The molecule has 23 heavy (non-hydrogen) atoms. The lowest BCUT2D eigenvalue weighted by Crippen LogP contribution is -2.38. The smallest absolute Gasteiger partial charge is 0.133 e. The van der Waals surface area contributed by atoms with Crippen molar-refractivity contribution in [2.45, 2.75) is 72.6 Å². The summed E-state index contributed by atoms with van der Waals surface area (Å²) in [6.45, 7) is 12.7. The van der Waals surface area contributed by atoms with Crippen molar-refractivity contribution in [3.63, 3.8) is 0 Å². The number of hydrogen-bond donors (Lipinski definition) is 0. The van der Waals surface area contributed by atoms with Crippen LogP contribution in [0.5, 0.6) is 0 Å². The molecule has 2 atom stereocenters. The molecule has 0 bridgehead atoms. The average molecular weight is 315 g/mol. The Kier molecular flexibility index (Phi) is 8.30. The summed E-state index contributed by atoms with van der Waals surface area (Å²) in [5, 5.41) is 0. The number of Topliss-reactive ketones (excluding diaryl/α,β-unsaturated/α-hetero) is 1. The monoisotopic (exact) mass is 314 g/mol. The van der Waals surface area contributed by atoms with Crippen molar-refractivity contribution < 1.29 is 4.79 Å². The summed E-state index contributed by atoms with van der Waals surface area (Å²) in [6.07, 6.45) is 17.5. The molecule has 0 aliphatic heterocycles. The van der Waals surface area contributed by atoms with Crippen molar-refractivity contribution in [1.82, 2.24) is 0 Å². The molecule has 0 radical (unpaired) electrons. The van der Waals surface area contributed by atoms with Gasteiger partial charge in [-0.3, -0.25) is 4.79 Å². The van der Waals surface area contributed by atoms with Crippen LogP contribution in [0.15, 0.2) is 48.1 Å². The van der Waals surface area contributed by atoms with Gasteiger partial charge in [0.2, 0.25) is 0 Å². The average Bonchev–Trinajstić information content (AvgIpc) is 2.54. The number of hydrogen-bond acceptors (Lipinski definition) is 1. The maximum atomic E-state index is 12.1. The number of rotatable bonds is 8. The Morgan fingerprint density at radius 1 is 1.35 bits per heavy atom. The van der Waals surface area contributed by atoms with Crippen LogP contribution in [0.2, 0.25) is 0 Å². The van der Waals surface area contributed by atoms with Crippen LogP contribution in [0.1, 0.15) is 72.6 Å². The van der Waals surface area contributed by atoms with Gasteiger partial charge in [0.15, 0.2) is 0 Å². The first-order valence-electron chi connectivity index (χ1n) is 9.23. The third kappa shape index (κ3) is 4.80. The summed E-state index contributed by atoms with van der Waals surface area (Å²) in [6, 6.07) is 0. The highest BCUT2D eigenvalue weighted by molar-refractivity contribution is 5.80. The zero-order valence-electron chi connectivity index (χ0n) is 15.5.